The summed E-state index contributed by atoms with van der Waals surface area (Å²) in [6.45, 7) is 4.27. The quantitative estimate of drug-likeness (QED) is 0.851. The molecule has 8 nitrogen and oxygen atoms in total. The SMILES string of the molecule is CCNc1nc(NC2CCCOC2)nc(-n2ccnc2)n1. The van der Waals surface area contributed by atoms with Crippen molar-refractivity contribution in [1.29, 1.82) is 0 Å². The Kier molecular flexibility index (Phi) is 4.25. The summed E-state index contributed by atoms with van der Waals surface area (Å²) in [6.07, 6.45) is 7.27. The van der Waals surface area contributed by atoms with Crippen molar-refractivity contribution < 1.29 is 4.74 Å². The molecule has 1 aliphatic heterocycles. The lowest BCUT2D eigenvalue weighted by Crippen LogP contribution is -2.31. The van der Waals surface area contributed by atoms with Crippen molar-refractivity contribution in [2.24, 2.45) is 0 Å². The molecule has 0 aromatic carbocycles. The summed E-state index contributed by atoms with van der Waals surface area (Å²) in [5.41, 5.74) is 0. The zero-order valence-electron chi connectivity index (χ0n) is 12.0. The van der Waals surface area contributed by atoms with Crippen molar-refractivity contribution in [3.05, 3.63) is 18.7 Å². The normalized spacial score (nSPS) is 18.4. The fraction of sp³-hybridized carbons (Fsp3) is 0.538. The lowest BCUT2D eigenvalue weighted by atomic mass is 10.1. The second-order valence-corrected chi connectivity index (χ2v) is 4.84. The zero-order chi connectivity index (χ0) is 14.5. The first kappa shape index (κ1) is 13.7. The van der Waals surface area contributed by atoms with E-state index >= 15 is 0 Å². The molecule has 0 saturated carbocycles. The maximum absolute atomic E-state index is 5.47. The summed E-state index contributed by atoms with van der Waals surface area (Å²) in [7, 11) is 0. The fourth-order valence-electron chi connectivity index (χ4n) is 2.20. The zero-order valence-corrected chi connectivity index (χ0v) is 12.0. The highest BCUT2D eigenvalue weighted by atomic mass is 16.5. The molecule has 0 bridgehead atoms. The first-order valence-corrected chi connectivity index (χ1v) is 7.17. The van der Waals surface area contributed by atoms with Crippen molar-refractivity contribution in [1.82, 2.24) is 24.5 Å². The van der Waals surface area contributed by atoms with Gasteiger partial charge in [-0.1, -0.05) is 0 Å². The van der Waals surface area contributed by atoms with Crippen LogP contribution in [0.3, 0.4) is 0 Å². The highest BCUT2D eigenvalue weighted by Gasteiger charge is 2.16. The van der Waals surface area contributed by atoms with Crippen molar-refractivity contribution in [2.45, 2.75) is 25.8 Å². The molecule has 21 heavy (non-hydrogen) atoms. The molecule has 1 atom stereocenters. The minimum absolute atomic E-state index is 0.242. The van der Waals surface area contributed by atoms with Gasteiger partial charge in [0, 0.05) is 25.5 Å². The van der Waals surface area contributed by atoms with Gasteiger partial charge < -0.3 is 15.4 Å². The first-order valence-electron chi connectivity index (χ1n) is 7.17. The summed E-state index contributed by atoms with van der Waals surface area (Å²) >= 11 is 0. The van der Waals surface area contributed by atoms with E-state index < -0.39 is 0 Å². The number of imidazole rings is 1. The van der Waals surface area contributed by atoms with Gasteiger partial charge in [0.25, 0.3) is 0 Å². The highest BCUT2D eigenvalue weighted by Crippen LogP contribution is 2.14. The predicted octanol–water partition coefficient (Wildman–Crippen LogP) is 1.08. The van der Waals surface area contributed by atoms with Gasteiger partial charge in [0.15, 0.2) is 0 Å². The number of hydrogen-bond acceptors (Lipinski definition) is 7. The van der Waals surface area contributed by atoms with Gasteiger partial charge in [-0.3, -0.25) is 4.57 Å². The van der Waals surface area contributed by atoms with E-state index in [0.29, 0.717) is 24.5 Å². The molecule has 0 spiro atoms. The number of hydrogen-bond donors (Lipinski definition) is 2. The van der Waals surface area contributed by atoms with Crippen molar-refractivity contribution in [3.63, 3.8) is 0 Å². The molecule has 0 amide bonds. The summed E-state index contributed by atoms with van der Waals surface area (Å²) in [5.74, 6) is 1.65. The van der Waals surface area contributed by atoms with E-state index in [1.165, 1.54) is 0 Å². The van der Waals surface area contributed by atoms with Crippen LogP contribution in [0.25, 0.3) is 5.95 Å². The van der Waals surface area contributed by atoms with Gasteiger partial charge in [0.05, 0.1) is 12.6 Å². The summed E-state index contributed by atoms with van der Waals surface area (Å²) in [4.78, 5) is 17.2. The second-order valence-electron chi connectivity index (χ2n) is 4.84. The van der Waals surface area contributed by atoms with Crippen molar-refractivity contribution >= 4 is 11.9 Å². The van der Waals surface area contributed by atoms with Crippen LogP contribution < -0.4 is 10.6 Å². The standard InChI is InChI=1S/C13H19N7O/c1-2-15-11-17-12(16-10-4-3-7-21-8-10)19-13(18-11)20-6-5-14-9-20/h5-6,9-10H,2-4,7-8H2,1H3,(H2,15,16,17,18,19). The number of nitrogens with zero attached hydrogens (tertiary/aromatic N) is 5. The molecule has 1 fully saturated rings. The van der Waals surface area contributed by atoms with Crippen LogP contribution in [-0.2, 0) is 4.74 Å². The van der Waals surface area contributed by atoms with Gasteiger partial charge in [-0.15, -0.1) is 0 Å². The third kappa shape index (κ3) is 3.46. The minimum Gasteiger partial charge on any atom is -0.379 e. The second kappa shape index (κ2) is 6.49. The number of nitrogens with one attached hydrogen (secondary N) is 2. The van der Waals surface area contributed by atoms with Crippen LogP contribution in [0.4, 0.5) is 11.9 Å². The Morgan fingerprint density at radius 2 is 2.24 bits per heavy atom. The summed E-state index contributed by atoms with van der Waals surface area (Å²) < 4.78 is 7.23. The fourth-order valence-corrected chi connectivity index (χ4v) is 2.20. The van der Waals surface area contributed by atoms with Gasteiger partial charge in [-0.25, -0.2) is 4.98 Å². The van der Waals surface area contributed by atoms with Crippen LogP contribution in [0.2, 0.25) is 0 Å². The van der Waals surface area contributed by atoms with E-state index in [-0.39, 0.29) is 6.04 Å². The lowest BCUT2D eigenvalue weighted by molar-refractivity contribution is 0.0874. The Bertz CT molecular complexity index is 566. The van der Waals surface area contributed by atoms with Crippen LogP contribution in [0, 0.1) is 0 Å². The van der Waals surface area contributed by atoms with Gasteiger partial charge in [-0.2, -0.15) is 15.0 Å². The van der Waals surface area contributed by atoms with Crippen LogP contribution >= 0.6 is 0 Å². The Balaban J connectivity index is 1.84. The number of anilines is 2. The van der Waals surface area contributed by atoms with E-state index in [1.54, 1.807) is 23.3 Å². The Labute approximate surface area is 123 Å². The third-order valence-electron chi connectivity index (χ3n) is 3.19. The molecule has 112 valence electrons. The largest absolute Gasteiger partial charge is 0.379 e. The Morgan fingerprint density at radius 1 is 1.33 bits per heavy atom. The highest BCUT2D eigenvalue weighted by molar-refractivity contribution is 5.38. The third-order valence-corrected chi connectivity index (χ3v) is 3.19. The van der Waals surface area contributed by atoms with Gasteiger partial charge in [-0.05, 0) is 19.8 Å². The monoisotopic (exact) mass is 289 g/mol. The Hall–Kier alpha value is -2.22. The predicted molar refractivity (Wildman–Crippen MR) is 78.6 cm³/mol. The molecule has 3 rings (SSSR count). The molecule has 1 aliphatic rings. The topological polar surface area (TPSA) is 89.8 Å². The number of ether oxygens (including phenoxy) is 1. The first-order chi connectivity index (χ1) is 10.3. The molecule has 1 saturated heterocycles. The van der Waals surface area contributed by atoms with Gasteiger partial charge >= 0.3 is 0 Å². The number of aromatic nitrogens is 5. The summed E-state index contributed by atoms with van der Waals surface area (Å²) in [5, 5.41) is 6.44. The van der Waals surface area contributed by atoms with Crippen LogP contribution in [0.1, 0.15) is 19.8 Å². The average Bonchev–Trinajstić information content (AvgIpc) is 3.03. The van der Waals surface area contributed by atoms with Gasteiger partial charge in [0.1, 0.15) is 6.33 Å². The van der Waals surface area contributed by atoms with E-state index in [0.717, 1.165) is 26.0 Å². The van der Waals surface area contributed by atoms with E-state index in [9.17, 15) is 0 Å². The van der Waals surface area contributed by atoms with Gasteiger partial charge in [0.2, 0.25) is 17.8 Å². The molecule has 2 aromatic rings. The molecule has 1 unspecified atom stereocenters. The maximum Gasteiger partial charge on any atom is 0.241 e. The molecule has 2 aromatic heterocycles. The van der Waals surface area contributed by atoms with Crippen LogP contribution in [0.15, 0.2) is 18.7 Å². The molecular weight excluding hydrogens is 270 g/mol. The van der Waals surface area contributed by atoms with E-state index in [2.05, 4.69) is 30.6 Å². The summed E-state index contributed by atoms with van der Waals surface area (Å²) in [6, 6.07) is 0.242. The molecule has 3 heterocycles. The van der Waals surface area contributed by atoms with Crippen LogP contribution in [-0.4, -0.2) is 50.3 Å². The van der Waals surface area contributed by atoms with Crippen molar-refractivity contribution in [3.8, 4) is 5.95 Å². The molecule has 8 heteroatoms. The Morgan fingerprint density at radius 3 is 2.95 bits per heavy atom. The number of rotatable bonds is 5. The van der Waals surface area contributed by atoms with Crippen LogP contribution in [0.5, 0.6) is 0 Å². The van der Waals surface area contributed by atoms with E-state index in [1.807, 2.05) is 6.92 Å². The average molecular weight is 289 g/mol. The van der Waals surface area contributed by atoms with E-state index in [4.69, 9.17) is 4.74 Å². The van der Waals surface area contributed by atoms with Crippen molar-refractivity contribution in [2.75, 3.05) is 30.4 Å². The maximum atomic E-state index is 5.47. The smallest absolute Gasteiger partial charge is 0.241 e. The molecular formula is C13H19N7O. The minimum atomic E-state index is 0.242. The molecule has 0 radical (unpaired) electrons. The lowest BCUT2D eigenvalue weighted by Gasteiger charge is -2.23. The molecule has 2 N–H and O–H groups in total. The molecule has 0 aliphatic carbocycles.